The summed E-state index contributed by atoms with van der Waals surface area (Å²) in [6.07, 6.45) is 1.26. The number of nitrogens with zero attached hydrogens (tertiary/aromatic N) is 2. The van der Waals surface area contributed by atoms with Crippen molar-refractivity contribution in [1.29, 1.82) is 0 Å². The van der Waals surface area contributed by atoms with Crippen molar-refractivity contribution in [1.82, 2.24) is 9.78 Å². The Balaban J connectivity index is 2.01. The molecule has 0 saturated heterocycles. The Morgan fingerprint density at radius 1 is 1.14 bits per heavy atom. The van der Waals surface area contributed by atoms with Crippen molar-refractivity contribution in [2.75, 3.05) is 0 Å². The maximum absolute atomic E-state index is 13.8. The van der Waals surface area contributed by atoms with Gasteiger partial charge in [-0.3, -0.25) is 9.48 Å². The Kier molecular flexibility index (Phi) is 3.50. The Morgan fingerprint density at radius 2 is 1.86 bits per heavy atom. The van der Waals surface area contributed by atoms with Crippen LogP contribution < -0.4 is 11.2 Å². The number of benzene rings is 2. The molecule has 2 N–H and O–H groups in total. The highest BCUT2D eigenvalue weighted by molar-refractivity contribution is 5.77. The molecule has 0 fully saturated rings. The van der Waals surface area contributed by atoms with E-state index in [-0.39, 0.29) is 11.2 Å². The van der Waals surface area contributed by atoms with E-state index in [0.29, 0.717) is 23.0 Å². The van der Waals surface area contributed by atoms with Gasteiger partial charge >= 0.3 is 0 Å². The van der Waals surface area contributed by atoms with Crippen molar-refractivity contribution < 1.29 is 4.39 Å². The average Bonchev–Trinajstić information content (AvgIpc) is 2.51. The normalized spacial score (nSPS) is 12.5. The minimum Gasteiger partial charge on any atom is -0.322 e. The molecular formula is C16H14FN3O. The molecule has 0 aliphatic rings. The molecule has 3 aromatic rings. The van der Waals surface area contributed by atoms with E-state index in [0.717, 1.165) is 0 Å². The van der Waals surface area contributed by atoms with Gasteiger partial charge in [0.05, 0.1) is 24.3 Å². The molecule has 0 spiro atoms. The number of aromatic nitrogens is 2. The molecule has 0 bridgehead atoms. The van der Waals surface area contributed by atoms with Gasteiger partial charge < -0.3 is 5.73 Å². The lowest BCUT2D eigenvalue weighted by Gasteiger charge is -2.16. The molecule has 106 valence electrons. The molecule has 5 heteroatoms. The van der Waals surface area contributed by atoms with Crippen LogP contribution in [0.4, 0.5) is 4.39 Å². The van der Waals surface area contributed by atoms with E-state index in [1.807, 2.05) is 6.07 Å². The molecule has 21 heavy (non-hydrogen) atoms. The van der Waals surface area contributed by atoms with Gasteiger partial charge in [0.2, 0.25) is 5.43 Å². The number of rotatable bonds is 3. The molecule has 3 rings (SSSR count). The number of para-hydroxylation sites is 1. The molecule has 1 heterocycles. The lowest BCUT2D eigenvalue weighted by atomic mass is 10.1. The summed E-state index contributed by atoms with van der Waals surface area (Å²) in [4.78, 5) is 11.8. The summed E-state index contributed by atoms with van der Waals surface area (Å²) in [5.74, 6) is -0.338. The zero-order chi connectivity index (χ0) is 14.8. The van der Waals surface area contributed by atoms with Gasteiger partial charge in [0, 0.05) is 10.9 Å². The highest BCUT2D eigenvalue weighted by atomic mass is 19.1. The van der Waals surface area contributed by atoms with Gasteiger partial charge in [-0.25, -0.2) is 4.39 Å². The van der Waals surface area contributed by atoms with Crippen LogP contribution >= 0.6 is 0 Å². The smallest absolute Gasteiger partial charge is 0.207 e. The molecule has 0 aliphatic carbocycles. The number of hydrogen-bond donors (Lipinski definition) is 1. The van der Waals surface area contributed by atoms with Crippen LogP contribution in [-0.2, 0) is 6.54 Å². The lowest BCUT2D eigenvalue weighted by molar-refractivity contribution is 0.507. The van der Waals surface area contributed by atoms with Gasteiger partial charge in [-0.05, 0) is 18.2 Å². The first-order valence-electron chi connectivity index (χ1n) is 6.61. The van der Waals surface area contributed by atoms with Crippen molar-refractivity contribution in [3.8, 4) is 0 Å². The topological polar surface area (TPSA) is 60.9 Å². The van der Waals surface area contributed by atoms with Gasteiger partial charge in [-0.1, -0.05) is 30.3 Å². The SMILES string of the molecule is NC(Cn1ncc(=O)c2ccccc21)c1ccccc1F. The predicted molar refractivity (Wildman–Crippen MR) is 79.3 cm³/mol. The van der Waals surface area contributed by atoms with Crippen LogP contribution in [0.2, 0.25) is 0 Å². The van der Waals surface area contributed by atoms with Crippen LogP contribution in [0.15, 0.2) is 59.5 Å². The second-order valence-corrected chi connectivity index (χ2v) is 4.84. The molecule has 2 aromatic carbocycles. The first-order valence-corrected chi connectivity index (χ1v) is 6.61. The standard InChI is InChI=1S/C16H14FN3O/c17-13-7-3-1-5-11(13)14(18)10-20-15-8-4-2-6-12(15)16(21)9-19-20/h1-9,14H,10,18H2. The maximum atomic E-state index is 13.8. The number of fused-ring (bicyclic) bond motifs is 1. The van der Waals surface area contributed by atoms with Gasteiger partial charge in [0.1, 0.15) is 5.82 Å². The summed E-state index contributed by atoms with van der Waals surface area (Å²) in [6.45, 7) is 0.293. The number of nitrogens with two attached hydrogens (primary N) is 1. The van der Waals surface area contributed by atoms with E-state index < -0.39 is 6.04 Å². The number of halogens is 1. The van der Waals surface area contributed by atoms with Crippen molar-refractivity contribution >= 4 is 10.9 Å². The summed E-state index contributed by atoms with van der Waals surface area (Å²) >= 11 is 0. The van der Waals surface area contributed by atoms with Crippen LogP contribution in [0.1, 0.15) is 11.6 Å². The third kappa shape index (κ3) is 2.55. The summed E-state index contributed by atoms with van der Waals surface area (Å²) in [6, 6.07) is 13.0. The first-order chi connectivity index (χ1) is 10.2. The van der Waals surface area contributed by atoms with Gasteiger partial charge in [0.25, 0.3) is 0 Å². The highest BCUT2D eigenvalue weighted by Gasteiger charge is 2.13. The van der Waals surface area contributed by atoms with E-state index in [9.17, 15) is 9.18 Å². The van der Waals surface area contributed by atoms with E-state index >= 15 is 0 Å². The minimum atomic E-state index is -0.537. The molecule has 1 aromatic heterocycles. The maximum Gasteiger partial charge on any atom is 0.207 e. The second kappa shape index (κ2) is 5.46. The summed E-state index contributed by atoms with van der Waals surface area (Å²) in [5.41, 5.74) is 7.06. The van der Waals surface area contributed by atoms with Gasteiger partial charge in [0.15, 0.2) is 0 Å². The summed E-state index contributed by atoms with van der Waals surface area (Å²) in [5, 5.41) is 4.68. The van der Waals surface area contributed by atoms with Crippen molar-refractivity contribution in [3.63, 3.8) is 0 Å². The van der Waals surface area contributed by atoms with Crippen LogP contribution in [0.5, 0.6) is 0 Å². The fraction of sp³-hybridized carbons (Fsp3) is 0.125. The molecule has 0 amide bonds. The van der Waals surface area contributed by atoms with Crippen LogP contribution in [0.25, 0.3) is 10.9 Å². The van der Waals surface area contributed by atoms with Crippen molar-refractivity contribution in [3.05, 3.63) is 76.3 Å². The molecule has 0 aliphatic heterocycles. The third-order valence-electron chi connectivity index (χ3n) is 3.44. The Labute approximate surface area is 120 Å². The van der Waals surface area contributed by atoms with Crippen molar-refractivity contribution in [2.24, 2.45) is 5.73 Å². The molecule has 4 nitrogen and oxygen atoms in total. The van der Waals surface area contributed by atoms with E-state index in [4.69, 9.17) is 5.73 Å². The molecule has 1 atom stereocenters. The highest BCUT2D eigenvalue weighted by Crippen LogP contribution is 2.17. The fourth-order valence-electron chi connectivity index (χ4n) is 2.37. The van der Waals surface area contributed by atoms with E-state index in [2.05, 4.69) is 5.10 Å². The largest absolute Gasteiger partial charge is 0.322 e. The zero-order valence-corrected chi connectivity index (χ0v) is 11.2. The molecule has 0 saturated carbocycles. The monoisotopic (exact) mass is 283 g/mol. The zero-order valence-electron chi connectivity index (χ0n) is 11.2. The number of hydrogen-bond acceptors (Lipinski definition) is 3. The first kappa shape index (κ1) is 13.5. The van der Waals surface area contributed by atoms with E-state index in [1.54, 1.807) is 41.1 Å². The fourth-order valence-corrected chi connectivity index (χ4v) is 2.37. The Bertz CT molecular complexity index is 844. The second-order valence-electron chi connectivity index (χ2n) is 4.84. The molecule has 0 radical (unpaired) electrons. The van der Waals surface area contributed by atoms with Gasteiger partial charge in [-0.15, -0.1) is 0 Å². The quantitative estimate of drug-likeness (QED) is 0.802. The summed E-state index contributed by atoms with van der Waals surface area (Å²) in [7, 11) is 0. The van der Waals surface area contributed by atoms with Gasteiger partial charge in [-0.2, -0.15) is 5.10 Å². The Hall–Kier alpha value is -2.53. The molecular weight excluding hydrogens is 269 g/mol. The molecule has 1 unspecified atom stereocenters. The van der Waals surface area contributed by atoms with E-state index in [1.165, 1.54) is 12.3 Å². The predicted octanol–water partition coefficient (Wildman–Crippen LogP) is 2.24. The Morgan fingerprint density at radius 3 is 2.67 bits per heavy atom. The van der Waals surface area contributed by atoms with Crippen LogP contribution in [0, 0.1) is 5.82 Å². The van der Waals surface area contributed by atoms with Crippen molar-refractivity contribution in [2.45, 2.75) is 12.6 Å². The van der Waals surface area contributed by atoms with Crippen LogP contribution in [-0.4, -0.2) is 9.78 Å². The third-order valence-corrected chi connectivity index (χ3v) is 3.44. The van der Waals surface area contributed by atoms with Crippen LogP contribution in [0.3, 0.4) is 0 Å². The minimum absolute atomic E-state index is 0.138. The lowest BCUT2D eigenvalue weighted by Crippen LogP contribution is -2.22. The average molecular weight is 283 g/mol. The summed E-state index contributed by atoms with van der Waals surface area (Å²) < 4.78 is 15.4.